The number of hydrogen-bond donors (Lipinski definition) is 3. The second-order valence-electron chi connectivity index (χ2n) is 6.53. The molecule has 2 heterocycles. The molecule has 3 aliphatic rings. The molecule has 6 heteroatoms. The van der Waals surface area contributed by atoms with E-state index in [-0.39, 0.29) is 29.1 Å². The lowest BCUT2D eigenvalue weighted by Crippen LogP contribution is -2.35. The van der Waals surface area contributed by atoms with Gasteiger partial charge in [0.25, 0.3) is 5.56 Å². The molecule has 0 amide bonds. The lowest BCUT2D eigenvalue weighted by molar-refractivity contribution is -0.116. The third kappa shape index (κ3) is 2.29. The number of aromatic nitrogens is 2. The van der Waals surface area contributed by atoms with Crippen LogP contribution >= 0.6 is 0 Å². The number of carbonyl (C=O) groups excluding carboxylic acids is 1. The van der Waals surface area contributed by atoms with E-state index in [0.29, 0.717) is 17.8 Å². The van der Waals surface area contributed by atoms with Crippen molar-refractivity contribution in [2.75, 3.05) is 11.1 Å². The van der Waals surface area contributed by atoms with Gasteiger partial charge in [0.2, 0.25) is 5.95 Å². The van der Waals surface area contributed by atoms with Crippen LogP contribution in [0.3, 0.4) is 0 Å². The first-order valence-corrected chi connectivity index (χ1v) is 8.23. The van der Waals surface area contributed by atoms with Gasteiger partial charge in [-0.2, -0.15) is 4.98 Å². The van der Waals surface area contributed by atoms with Crippen molar-refractivity contribution in [2.45, 2.75) is 44.4 Å². The van der Waals surface area contributed by atoms with E-state index in [9.17, 15) is 9.59 Å². The van der Waals surface area contributed by atoms with Gasteiger partial charge in [0.1, 0.15) is 5.82 Å². The summed E-state index contributed by atoms with van der Waals surface area (Å²) in [6, 6.07) is 0. The van der Waals surface area contributed by atoms with E-state index in [1.54, 1.807) is 0 Å². The number of nitrogens with two attached hydrogens (primary N) is 1. The van der Waals surface area contributed by atoms with Gasteiger partial charge in [-0.15, -0.1) is 0 Å². The van der Waals surface area contributed by atoms with Crippen molar-refractivity contribution in [1.82, 2.24) is 9.97 Å². The Balaban J connectivity index is 1.91. The number of hydrogen-bond acceptors (Lipinski definition) is 5. The number of nitrogen functional groups attached to an aromatic ring is 1. The first-order valence-electron chi connectivity index (χ1n) is 8.23. The summed E-state index contributed by atoms with van der Waals surface area (Å²) in [6.07, 6.45) is 9.41. The Kier molecular flexibility index (Phi) is 3.32. The fraction of sp³-hybridized carbons (Fsp3) is 0.471. The fourth-order valence-corrected chi connectivity index (χ4v) is 4.12. The highest BCUT2D eigenvalue weighted by atomic mass is 16.1. The number of carbonyl (C=O) groups is 1. The number of Topliss-reactive ketones (excluding diaryl/α,β-unsaturated/α-hetero) is 1. The van der Waals surface area contributed by atoms with E-state index >= 15 is 0 Å². The van der Waals surface area contributed by atoms with Gasteiger partial charge in [-0.3, -0.25) is 14.6 Å². The quantitative estimate of drug-likeness (QED) is 0.690. The molecule has 0 bridgehead atoms. The molecule has 1 aliphatic heterocycles. The van der Waals surface area contributed by atoms with Crippen LogP contribution in [0.2, 0.25) is 0 Å². The summed E-state index contributed by atoms with van der Waals surface area (Å²) in [5, 5.41) is 3.21. The highest BCUT2D eigenvalue weighted by Crippen LogP contribution is 2.46. The number of H-pyrrole nitrogens is 1. The summed E-state index contributed by atoms with van der Waals surface area (Å²) in [5.41, 5.74) is 7.79. The minimum Gasteiger partial charge on any atom is -0.369 e. The molecular formula is C17H20N4O2. The molecule has 120 valence electrons. The van der Waals surface area contributed by atoms with Crippen LogP contribution in [-0.4, -0.2) is 15.8 Å². The van der Waals surface area contributed by atoms with Crippen LogP contribution in [0, 0.1) is 5.92 Å². The number of fused-ring (bicyclic) bond motifs is 1. The number of ketones is 1. The molecule has 6 nitrogen and oxygen atoms in total. The molecule has 4 rings (SSSR count). The molecule has 0 saturated carbocycles. The summed E-state index contributed by atoms with van der Waals surface area (Å²) in [7, 11) is 0. The van der Waals surface area contributed by atoms with E-state index in [2.05, 4.69) is 27.4 Å². The van der Waals surface area contributed by atoms with E-state index in [1.165, 1.54) is 0 Å². The second-order valence-corrected chi connectivity index (χ2v) is 6.53. The van der Waals surface area contributed by atoms with Crippen LogP contribution in [0.1, 0.15) is 50.0 Å². The maximum atomic E-state index is 12.6. The van der Waals surface area contributed by atoms with Gasteiger partial charge in [0.15, 0.2) is 5.78 Å². The monoisotopic (exact) mass is 312 g/mol. The van der Waals surface area contributed by atoms with Crippen LogP contribution in [0.4, 0.5) is 11.8 Å². The first kappa shape index (κ1) is 14.2. The largest absolute Gasteiger partial charge is 0.369 e. The predicted octanol–water partition coefficient (Wildman–Crippen LogP) is 2.22. The maximum absolute atomic E-state index is 12.6. The van der Waals surface area contributed by atoms with Crippen LogP contribution in [0.15, 0.2) is 28.2 Å². The zero-order valence-electron chi connectivity index (χ0n) is 12.9. The Morgan fingerprint density at radius 3 is 2.87 bits per heavy atom. The van der Waals surface area contributed by atoms with Gasteiger partial charge in [-0.25, -0.2) is 0 Å². The molecule has 0 aromatic carbocycles. The minimum absolute atomic E-state index is 0.106. The molecule has 0 unspecified atom stereocenters. The molecule has 1 aromatic heterocycles. The first-order chi connectivity index (χ1) is 11.1. The molecular weight excluding hydrogens is 292 g/mol. The summed E-state index contributed by atoms with van der Waals surface area (Å²) in [5.74, 6) is 0.893. The minimum atomic E-state index is -0.232. The number of nitrogens with one attached hydrogen (secondary N) is 2. The predicted molar refractivity (Wildman–Crippen MR) is 88.0 cm³/mol. The molecule has 23 heavy (non-hydrogen) atoms. The zero-order chi connectivity index (χ0) is 16.0. The van der Waals surface area contributed by atoms with Gasteiger partial charge < -0.3 is 11.1 Å². The average molecular weight is 312 g/mol. The molecule has 0 saturated heterocycles. The molecule has 2 atom stereocenters. The topological polar surface area (TPSA) is 101 Å². The summed E-state index contributed by atoms with van der Waals surface area (Å²) < 4.78 is 0. The van der Waals surface area contributed by atoms with Gasteiger partial charge in [-0.05, 0) is 38.0 Å². The average Bonchev–Trinajstić information content (AvgIpc) is 2.54. The number of aromatic amines is 1. The Bertz CT molecular complexity index is 790. The van der Waals surface area contributed by atoms with Crippen molar-refractivity contribution in [3.8, 4) is 0 Å². The summed E-state index contributed by atoms with van der Waals surface area (Å²) in [6.45, 7) is 0. The van der Waals surface area contributed by atoms with Crippen LogP contribution in [0.5, 0.6) is 0 Å². The molecule has 0 radical (unpaired) electrons. The van der Waals surface area contributed by atoms with Crippen molar-refractivity contribution in [1.29, 1.82) is 0 Å². The molecule has 0 fully saturated rings. The van der Waals surface area contributed by atoms with Crippen LogP contribution < -0.4 is 16.6 Å². The van der Waals surface area contributed by atoms with Crippen molar-refractivity contribution in [3.63, 3.8) is 0 Å². The normalized spacial score (nSPS) is 26.5. The zero-order valence-corrected chi connectivity index (χ0v) is 12.9. The lowest BCUT2D eigenvalue weighted by Gasteiger charge is -2.37. The molecule has 4 N–H and O–H groups in total. The number of anilines is 2. The summed E-state index contributed by atoms with van der Waals surface area (Å²) in [4.78, 5) is 32.0. The smallest absolute Gasteiger partial charge is 0.258 e. The summed E-state index contributed by atoms with van der Waals surface area (Å²) >= 11 is 0. The van der Waals surface area contributed by atoms with Crippen LogP contribution in [-0.2, 0) is 4.79 Å². The fourth-order valence-electron chi connectivity index (χ4n) is 4.12. The number of allylic oxidation sites excluding steroid dienone is 4. The third-order valence-corrected chi connectivity index (χ3v) is 5.10. The van der Waals surface area contributed by atoms with Gasteiger partial charge in [0, 0.05) is 23.6 Å². The Morgan fingerprint density at radius 2 is 2.09 bits per heavy atom. The maximum Gasteiger partial charge on any atom is 0.258 e. The molecule has 2 aliphatic carbocycles. The second kappa shape index (κ2) is 5.37. The van der Waals surface area contributed by atoms with Gasteiger partial charge >= 0.3 is 0 Å². The van der Waals surface area contributed by atoms with E-state index < -0.39 is 0 Å². The SMILES string of the molecule is Nc1nc2c(c(=O)[nH]1)[C@H]([C@@H]1CC=CCC1)C1=C(CCCC1=O)N2. The Labute approximate surface area is 133 Å². The van der Waals surface area contributed by atoms with Crippen molar-refractivity contribution >= 4 is 17.5 Å². The van der Waals surface area contributed by atoms with E-state index in [4.69, 9.17) is 5.73 Å². The highest BCUT2D eigenvalue weighted by Gasteiger charge is 2.40. The van der Waals surface area contributed by atoms with Gasteiger partial charge in [-0.1, -0.05) is 12.2 Å². The Hall–Kier alpha value is -2.37. The van der Waals surface area contributed by atoms with E-state index in [1.807, 2.05) is 0 Å². The van der Waals surface area contributed by atoms with Crippen molar-refractivity contribution < 1.29 is 4.79 Å². The van der Waals surface area contributed by atoms with Crippen molar-refractivity contribution in [3.05, 3.63) is 39.3 Å². The highest BCUT2D eigenvalue weighted by molar-refractivity contribution is 6.00. The van der Waals surface area contributed by atoms with Gasteiger partial charge in [0.05, 0.1) is 5.56 Å². The molecule has 0 spiro atoms. The van der Waals surface area contributed by atoms with Crippen LogP contribution in [0.25, 0.3) is 0 Å². The number of rotatable bonds is 1. The number of nitrogens with zero attached hydrogens (tertiary/aromatic N) is 1. The lowest BCUT2D eigenvalue weighted by atomic mass is 9.70. The van der Waals surface area contributed by atoms with E-state index in [0.717, 1.165) is 43.4 Å². The Morgan fingerprint density at radius 1 is 1.22 bits per heavy atom. The molecule has 1 aromatic rings. The van der Waals surface area contributed by atoms with Crippen molar-refractivity contribution in [2.24, 2.45) is 5.92 Å². The third-order valence-electron chi connectivity index (χ3n) is 5.10. The standard InChI is InChI=1S/C17H20N4O2/c18-17-20-15-14(16(23)21-17)12(9-5-2-1-3-6-9)13-10(19-15)7-4-8-11(13)22/h1-2,9,12H,3-8H2,(H4,18,19,20,21,23)/t9-,12-/m1/s1.